The molecule has 0 unspecified atom stereocenters. The molecule has 176 valence electrons. The molecule has 1 aliphatic carbocycles. The summed E-state index contributed by atoms with van der Waals surface area (Å²) >= 11 is 1.72. The van der Waals surface area contributed by atoms with Gasteiger partial charge < -0.3 is 24.8 Å². The number of nitrogens with one attached hydrogen (secondary N) is 2. The van der Waals surface area contributed by atoms with Crippen LogP contribution in [0.3, 0.4) is 0 Å². The van der Waals surface area contributed by atoms with E-state index in [4.69, 9.17) is 14.2 Å². The minimum atomic E-state index is -0.182. The zero-order chi connectivity index (χ0) is 23.8. The average Bonchev–Trinajstić information content (AvgIpc) is 3.20. The van der Waals surface area contributed by atoms with Gasteiger partial charge in [0.2, 0.25) is 5.75 Å². The van der Waals surface area contributed by atoms with Gasteiger partial charge in [-0.3, -0.25) is 4.79 Å². The molecule has 2 aromatic carbocycles. The summed E-state index contributed by atoms with van der Waals surface area (Å²) in [5.74, 6) is 1.87. The maximum absolute atomic E-state index is 13.7. The van der Waals surface area contributed by atoms with Crippen molar-refractivity contribution in [2.24, 2.45) is 0 Å². The van der Waals surface area contributed by atoms with Crippen molar-refractivity contribution in [1.29, 1.82) is 0 Å². The van der Waals surface area contributed by atoms with Crippen LogP contribution in [0.1, 0.15) is 40.1 Å². The Balaban J connectivity index is 1.59. The van der Waals surface area contributed by atoms with E-state index in [-0.39, 0.29) is 17.7 Å². The number of fused-ring (bicyclic) bond motifs is 1. The number of ether oxygens (including phenoxy) is 3. The van der Waals surface area contributed by atoms with Gasteiger partial charge in [-0.25, -0.2) is 0 Å². The lowest BCUT2D eigenvalue weighted by atomic mass is 9.79. The number of methoxy groups -OCH3 is 3. The summed E-state index contributed by atoms with van der Waals surface area (Å²) in [6.45, 7) is 2.09. The van der Waals surface area contributed by atoms with E-state index < -0.39 is 0 Å². The number of ketones is 1. The number of Topliss-reactive ketones (excluding diaryl/α,β-unsaturated/α-hetero) is 1. The maximum atomic E-state index is 13.7. The maximum Gasteiger partial charge on any atom is 0.203 e. The molecular weight excluding hydrogens is 448 g/mol. The zero-order valence-electron chi connectivity index (χ0n) is 19.7. The smallest absolute Gasteiger partial charge is 0.203 e. The number of carbonyl (C=O) groups is 1. The quantitative estimate of drug-likeness (QED) is 0.466. The average molecular weight is 477 g/mol. The van der Waals surface area contributed by atoms with E-state index >= 15 is 0 Å². The lowest BCUT2D eigenvalue weighted by Crippen LogP contribution is -2.26. The summed E-state index contributed by atoms with van der Waals surface area (Å²) in [5.41, 5.74) is 4.74. The first kappa shape index (κ1) is 22.3. The highest BCUT2D eigenvalue weighted by atomic mass is 32.1. The highest BCUT2D eigenvalue weighted by molar-refractivity contribution is 7.12. The minimum Gasteiger partial charge on any atom is -0.493 e. The van der Waals surface area contributed by atoms with Crippen molar-refractivity contribution >= 4 is 28.5 Å². The van der Waals surface area contributed by atoms with Crippen LogP contribution in [0.5, 0.6) is 17.2 Å². The van der Waals surface area contributed by atoms with Gasteiger partial charge in [-0.1, -0.05) is 12.1 Å². The molecule has 0 spiro atoms. The molecule has 0 saturated carbocycles. The molecule has 5 rings (SSSR count). The second-order valence-electron chi connectivity index (χ2n) is 8.58. The number of hydrogen-bond donors (Lipinski definition) is 2. The van der Waals surface area contributed by atoms with Crippen LogP contribution in [0.4, 0.5) is 11.4 Å². The molecule has 2 heterocycles. The van der Waals surface area contributed by atoms with Gasteiger partial charge in [-0.15, -0.1) is 11.3 Å². The Bertz CT molecular complexity index is 1250. The SMILES string of the molecule is COc1cc([C@@H]2CC(=O)C3=C(C2)Nc2ccccc2N[C@H]3c2ccc(C)s2)cc(OC)c1OC. The van der Waals surface area contributed by atoms with Gasteiger partial charge in [0.15, 0.2) is 17.3 Å². The molecule has 2 aliphatic rings. The Morgan fingerprint density at radius 2 is 1.62 bits per heavy atom. The molecule has 0 fully saturated rings. The number of para-hydroxylation sites is 2. The third-order valence-corrected chi connectivity index (χ3v) is 7.58. The predicted octanol–water partition coefficient (Wildman–Crippen LogP) is 6.06. The number of allylic oxidation sites excluding steroid dienone is 1. The number of aryl methyl sites for hydroxylation is 1. The van der Waals surface area contributed by atoms with Crippen molar-refractivity contribution in [3.8, 4) is 17.2 Å². The fraction of sp³-hybridized carbons (Fsp3) is 0.296. The molecule has 2 N–H and O–H groups in total. The first-order valence-electron chi connectivity index (χ1n) is 11.3. The number of carbonyl (C=O) groups excluding carboxylic acids is 1. The van der Waals surface area contributed by atoms with Crippen molar-refractivity contribution in [2.45, 2.75) is 31.7 Å². The molecule has 0 radical (unpaired) electrons. The van der Waals surface area contributed by atoms with E-state index in [1.54, 1.807) is 32.7 Å². The molecular formula is C27H28N2O4S. The van der Waals surface area contributed by atoms with E-state index in [2.05, 4.69) is 35.8 Å². The van der Waals surface area contributed by atoms with Gasteiger partial charge in [0.05, 0.1) is 38.7 Å². The van der Waals surface area contributed by atoms with Crippen molar-refractivity contribution in [2.75, 3.05) is 32.0 Å². The molecule has 0 saturated heterocycles. The molecule has 1 aromatic heterocycles. The van der Waals surface area contributed by atoms with E-state index in [1.807, 2.05) is 30.3 Å². The third-order valence-electron chi connectivity index (χ3n) is 6.51. The second kappa shape index (κ2) is 9.06. The summed E-state index contributed by atoms with van der Waals surface area (Å²) in [6.07, 6.45) is 1.12. The number of anilines is 2. The van der Waals surface area contributed by atoms with Crippen LogP contribution in [0.2, 0.25) is 0 Å². The molecule has 2 atom stereocenters. The van der Waals surface area contributed by atoms with Crippen LogP contribution in [-0.2, 0) is 4.79 Å². The molecule has 1 aliphatic heterocycles. The van der Waals surface area contributed by atoms with Gasteiger partial charge in [-0.2, -0.15) is 0 Å². The third kappa shape index (κ3) is 3.90. The molecule has 7 heteroatoms. The summed E-state index contributed by atoms with van der Waals surface area (Å²) in [7, 11) is 4.81. The van der Waals surface area contributed by atoms with E-state index in [0.29, 0.717) is 30.1 Å². The topological polar surface area (TPSA) is 68.8 Å². The Hall–Kier alpha value is -3.45. The van der Waals surface area contributed by atoms with Crippen LogP contribution >= 0.6 is 11.3 Å². The molecule has 34 heavy (non-hydrogen) atoms. The van der Waals surface area contributed by atoms with Gasteiger partial charge in [0.25, 0.3) is 0 Å². The van der Waals surface area contributed by atoms with Crippen molar-refractivity contribution in [3.05, 3.63) is 75.1 Å². The lowest BCUT2D eigenvalue weighted by Gasteiger charge is -2.30. The Morgan fingerprint density at radius 1 is 0.912 bits per heavy atom. The highest BCUT2D eigenvalue weighted by Crippen LogP contribution is 2.47. The number of hydrogen-bond acceptors (Lipinski definition) is 7. The molecule has 6 nitrogen and oxygen atoms in total. The largest absolute Gasteiger partial charge is 0.493 e. The van der Waals surface area contributed by atoms with Gasteiger partial charge in [0, 0.05) is 27.4 Å². The first-order chi connectivity index (χ1) is 16.5. The fourth-order valence-corrected chi connectivity index (χ4v) is 5.83. The summed E-state index contributed by atoms with van der Waals surface area (Å²) in [6, 6.07) is 16.1. The van der Waals surface area contributed by atoms with Crippen LogP contribution < -0.4 is 24.8 Å². The van der Waals surface area contributed by atoms with E-state index in [9.17, 15) is 4.79 Å². The van der Waals surface area contributed by atoms with Crippen molar-refractivity contribution < 1.29 is 19.0 Å². The minimum absolute atomic E-state index is 0.0107. The summed E-state index contributed by atoms with van der Waals surface area (Å²) < 4.78 is 16.6. The van der Waals surface area contributed by atoms with Gasteiger partial charge in [-0.05, 0) is 61.2 Å². The zero-order valence-corrected chi connectivity index (χ0v) is 20.5. The summed E-state index contributed by atoms with van der Waals surface area (Å²) in [5, 5.41) is 7.23. The van der Waals surface area contributed by atoms with Gasteiger partial charge in [0.1, 0.15) is 0 Å². The van der Waals surface area contributed by atoms with Crippen LogP contribution in [-0.4, -0.2) is 27.1 Å². The van der Waals surface area contributed by atoms with Crippen LogP contribution in [0.15, 0.2) is 59.8 Å². The number of thiophene rings is 1. The molecule has 0 bridgehead atoms. The van der Waals surface area contributed by atoms with Gasteiger partial charge >= 0.3 is 0 Å². The standard InChI is InChI=1S/C27H28N2O4S/c1-15-9-10-24(34-15)26-25-20(28-18-7-5-6-8-19(18)29-26)11-16(12-21(25)30)17-13-22(31-2)27(33-4)23(14-17)32-3/h5-10,13-14,16,26,28-29H,11-12H2,1-4H3/t16-,26-/m0/s1. The van der Waals surface area contributed by atoms with E-state index in [1.165, 1.54) is 4.88 Å². The van der Waals surface area contributed by atoms with Crippen molar-refractivity contribution in [1.82, 2.24) is 0 Å². The monoisotopic (exact) mass is 476 g/mol. The van der Waals surface area contributed by atoms with E-state index in [0.717, 1.165) is 33.1 Å². The molecule has 0 amide bonds. The first-order valence-corrected chi connectivity index (χ1v) is 12.1. The predicted molar refractivity (Wildman–Crippen MR) is 136 cm³/mol. The van der Waals surface area contributed by atoms with Crippen LogP contribution in [0, 0.1) is 6.92 Å². The molecule has 3 aromatic rings. The normalized spacial score (nSPS) is 19.4. The number of benzene rings is 2. The second-order valence-corrected chi connectivity index (χ2v) is 9.90. The number of rotatable bonds is 5. The Labute approximate surface area is 203 Å². The van der Waals surface area contributed by atoms with Crippen LogP contribution in [0.25, 0.3) is 0 Å². The Kier molecular flexibility index (Phi) is 5.96. The summed E-state index contributed by atoms with van der Waals surface area (Å²) in [4.78, 5) is 16.1. The fourth-order valence-electron chi connectivity index (χ4n) is 4.89. The Morgan fingerprint density at radius 3 is 2.24 bits per heavy atom. The highest BCUT2D eigenvalue weighted by Gasteiger charge is 2.37. The lowest BCUT2D eigenvalue weighted by molar-refractivity contribution is -0.116. The van der Waals surface area contributed by atoms with Crippen molar-refractivity contribution in [3.63, 3.8) is 0 Å².